The average Bonchev–Trinajstić information content (AvgIpc) is 2.07. The minimum atomic E-state index is -0.402. The zero-order chi connectivity index (χ0) is 10.6. The molecule has 1 rings (SSSR count). The quantitative estimate of drug-likeness (QED) is 0.766. The Labute approximate surface area is 82.1 Å². The van der Waals surface area contributed by atoms with E-state index in [-0.39, 0.29) is 18.3 Å². The number of nitrogens with two attached hydrogens (primary N) is 1. The Kier molecular flexibility index (Phi) is 3.45. The first-order valence-electron chi connectivity index (χ1n) is 4.39. The molecule has 0 aliphatic heterocycles. The summed E-state index contributed by atoms with van der Waals surface area (Å²) in [6, 6.07) is 6.15. The van der Waals surface area contributed by atoms with Crippen LogP contribution in [0.4, 0.5) is 10.1 Å². The number of hydrogen-bond donors (Lipinski definition) is 2. The molecule has 76 valence electrons. The van der Waals surface area contributed by atoms with Crippen molar-refractivity contribution in [3.63, 3.8) is 0 Å². The summed E-state index contributed by atoms with van der Waals surface area (Å²) in [6.45, 7) is 1.78. The third kappa shape index (κ3) is 3.05. The van der Waals surface area contributed by atoms with E-state index in [1.54, 1.807) is 25.1 Å². The van der Waals surface area contributed by atoms with Crippen molar-refractivity contribution in [2.75, 3.05) is 5.32 Å². The molecule has 0 spiro atoms. The Hall–Kier alpha value is -1.58. The van der Waals surface area contributed by atoms with E-state index in [1.807, 2.05) is 0 Å². The van der Waals surface area contributed by atoms with Crippen molar-refractivity contribution in [1.29, 1.82) is 0 Å². The van der Waals surface area contributed by atoms with Crippen molar-refractivity contribution in [3.8, 4) is 0 Å². The smallest absolute Gasteiger partial charge is 0.219 e. The van der Waals surface area contributed by atoms with Gasteiger partial charge in [-0.25, -0.2) is 4.39 Å². The monoisotopic (exact) mass is 196 g/mol. The van der Waals surface area contributed by atoms with E-state index in [9.17, 15) is 9.18 Å². The molecule has 0 aromatic heterocycles. The summed E-state index contributed by atoms with van der Waals surface area (Å²) in [6.07, 6.45) is 0.189. The summed E-state index contributed by atoms with van der Waals surface area (Å²) in [5.41, 5.74) is 5.40. The lowest BCUT2D eigenvalue weighted by atomic mass is 10.2. The summed E-state index contributed by atoms with van der Waals surface area (Å²) in [4.78, 5) is 10.6. The van der Waals surface area contributed by atoms with Gasteiger partial charge in [0.2, 0.25) is 5.91 Å². The number of halogens is 1. The fraction of sp³-hybridized carbons (Fsp3) is 0.300. The van der Waals surface area contributed by atoms with Gasteiger partial charge in [-0.2, -0.15) is 0 Å². The second-order valence-electron chi connectivity index (χ2n) is 3.20. The highest BCUT2D eigenvalue weighted by molar-refractivity contribution is 5.74. The van der Waals surface area contributed by atoms with Gasteiger partial charge in [-0.15, -0.1) is 0 Å². The fourth-order valence-electron chi connectivity index (χ4n) is 1.20. The number of para-hydroxylation sites is 1. The highest BCUT2D eigenvalue weighted by Crippen LogP contribution is 2.14. The normalized spacial score (nSPS) is 12.1. The molecule has 0 bridgehead atoms. The van der Waals surface area contributed by atoms with Crippen LogP contribution in [0.15, 0.2) is 24.3 Å². The van der Waals surface area contributed by atoms with E-state index >= 15 is 0 Å². The number of amides is 1. The maximum atomic E-state index is 13.1. The lowest BCUT2D eigenvalue weighted by molar-refractivity contribution is -0.118. The van der Waals surface area contributed by atoms with Crippen LogP contribution in [0.5, 0.6) is 0 Å². The van der Waals surface area contributed by atoms with Crippen LogP contribution in [0.3, 0.4) is 0 Å². The highest BCUT2D eigenvalue weighted by atomic mass is 19.1. The molecule has 0 aliphatic rings. The molecule has 1 aromatic rings. The van der Waals surface area contributed by atoms with Crippen LogP contribution in [0.2, 0.25) is 0 Å². The van der Waals surface area contributed by atoms with E-state index in [0.717, 1.165) is 0 Å². The van der Waals surface area contributed by atoms with Crippen molar-refractivity contribution >= 4 is 11.6 Å². The molecule has 0 radical (unpaired) electrons. The number of anilines is 1. The van der Waals surface area contributed by atoms with Crippen molar-refractivity contribution in [2.24, 2.45) is 5.73 Å². The summed E-state index contributed by atoms with van der Waals surface area (Å²) in [5, 5.41) is 2.87. The molecule has 1 aromatic carbocycles. The van der Waals surface area contributed by atoms with Crippen molar-refractivity contribution in [2.45, 2.75) is 19.4 Å². The predicted octanol–water partition coefficient (Wildman–Crippen LogP) is 1.50. The molecule has 14 heavy (non-hydrogen) atoms. The maximum Gasteiger partial charge on any atom is 0.219 e. The Morgan fingerprint density at radius 2 is 2.21 bits per heavy atom. The van der Waals surface area contributed by atoms with E-state index in [1.165, 1.54) is 6.07 Å². The van der Waals surface area contributed by atoms with Crippen molar-refractivity contribution < 1.29 is 9.18 Å². The number of carbonyl (C=O) groups is 1. The number of nitrogens with one attached hydrogen (secondary N) is 1. The highest BCUT2D eigenvalue weighted by Gasteiger charge is 2.07. The number of primary amides is 1. The van der Waals surface area contributed by atoms with Crippen LogP contribution in [0.1, 0.15) is 13.3 Å². The van der Waals surface area contributed by atoms with Gasteiger partial charge < -0.3 is 11.1 Å². The zero-order valence-electron chi connectivity index (χ0n) is 7.96. The average molecular weight is 196 g/mol. The second kappa shape index (κ2) is 4.60. The van der Waals surface area contributed by atoms with Gasteiger partial charge in [-0.05, 0) is 19.1 Å². The lowest BCUT2D eigenvalue weighted by Gasteiger charge is -2.13. The number of rotatable bonds is 4. The predicted molar refractivity (Wildman–Crippen MR) is 53.3 cm³/mol. The molecule has 0 fully saturated rings. The first-order valence-corrected chi connectivity index (χ1v) is 4.39. The standard InChI is InChI=1S/C10H13FN2O/c1-7(6-10(12)14)13-9-5-3-2-4-8(9)11/h2-5,7,13H,6H2,1H3,(H2,12,14). The van der Waals surface area contributed by atoms with Gasteiger partial charge in [-0.1, -0.05) is 12.1 Å². The Bertz CT molecular complexity index is 328. The zero-order valence-corrected chi connectivity index (χ0v) is 7.96. The van der Waals surface area contributed by atoms with Gasteiger partial charge in [0, 0.05) is 12.5 Å². The molecule has 3 N–H and O–H groups in total. The van der Waals surface area contributed by atoms with Crippen LogP contribution in [-0.2, 0) is 4.79 Å². The molecule has 4 heteroatoms. The van der Waals surface area contributed by atoms with Gasteiger partial charge >= 0.3 is 0 Å². The minimum Gasteiger partial charge on any atom is -0.380 e. The lowest BCUT2D eigenvalue weighted by Crippen LogP contribution is -2.24. The molecular formula is C10H13FN2O. The fourth-order valence-corrected chi connectivity index (χ4v) is 1.20. The first-order chi connectivity index (χ1) is 6.59. The van der Waals surface area contributed by atoms with Crippen LogP contribution in [-0.4, -0.2) is 11.9 Å². The van der Waals surface area contributed by atoms with Crippen molar-refractivity contribution in [1.82, 2.24) is 0 Å². The van der Waals surface area contributed by atoms with E-state index in [4.69, 9.17) is 5.73 Å². The van der Waals surface area contributed by atoms with E-state index < -0.39 is 5.91 Å². The first kappa shape index (κ1) is 10.5. The van der Waals surface area contributed by atoms with Gasteiger partial charge in [0.05, 0.1) is 5.69 Å². The molecule has 0 saturated heterocycles. The summed E-state index contributed by atoms with van der Waals surface area (Å²) in [5.74, 6) is -0.731. The molecule has 1 unspecified atom stereocenters. The molecule has 3 nitrogen and oxygen atoms in total. The molecular weight excluding hydrogens is 183 g/mol. The van der Waals surface area contributed by atoms with Gasteiger partial charge in [-0.3, -0.25) is 4.79 Å². The SMILES string of the molecule is CC(CC(N)=O)Nc1ccccc1F. The van der Waals surface area contributed by atoms with Crippen LogP contribution in [0, 0.1) is 5.82 Å². The molecule has 0 aliphatic carbocycles. The Balaban J connectivity index is 2.60. The number of carbonyl (C=O) groups excluding carboxylic acids is 1. The molecule has 1 amide bonds. The van der Waals surface area contributed by atoms with Gasteiger partial charge in [0.1, 0.15) is 5.82 Å². The third-order valence-electron chi connectivity index (χ3n) is 1.78. The minimum absolute atomic E-state index is 0.163. The molecule has 0 heterocycles. The van der Waals surface area contributed by atoms with Crippen LogP contribution in [0.25, 0.3) is 0 Å². The topological polar surface area (TPSA) is 55.1 Å². The van der Waals surface area contributed by atoms with Gasteiger partial charge in [0.25, 0.3) is 0 Å². The Morgan fingerprint density at radius 1 is 1.57 bits per heavy atom. The van der Waals surface area contributed by atoms with Crippen LogP contribution >= 0.6 is 0 Å². The Morgan fingerprint density at radius 3 is 2.79 bits per heavy atom. The molecule has 1 atom stereocenters. The second-order valence-corrected chi connectivity index (χ2v) is 3.20. The largest absolute Gasteiger partial charge is 0.380 e. The summed E-state index contributed by atoms with van der Waals surface area (Å²) < 4.78 is 13.1. The number of benzene rings is 1. The third-order valence-corrected chi connectivity index (χ3v) is 1.78. The number of hydrogen-bond acceptors (Lipinski definition) is 2. The van der Waals surface area contributed by atoms with E-state index in [2.05, 4.69) is 5.32 Å². The van der Waals surface area contributed by atoms with Crippen molar-refractivity contribution in [3.05, 3.63) is 30.1 Å². The summed E-state index contributed by atoms with van der Waals surface area (Å²) in [7, 11) is 0. The van der Waals surface area contributed by atoms with Gasteiger partial charge in [0.15, 0.2) is 0 Å². The maximum absolute atomic E-state index is 13.1. The van der Waals surface area contributed by atoms with Crippen LogP contribution < -0.4 is 11.1 Å². The van der Waals surface area contributed by atoms with E-state index in [0.29, 0.717) is 5.69 Å². The summed E-state index contributed by atoms with van der Waals surface area (Å²) >= 11 is 0. The molecule has 0 saturated carbocycles.